The van der Waals surface area contributed by atoms with Crippen molar-refractivity contribution in [3.63, 3.8) is 0 Å². The van der Waals surface area contributed by atoms with E-state index >= 15 is 0 Å². The van der Waals surface area contributed by atoms with Crippen LogP contribution in [-0.4, -0.2) is 23.6 Å². The molecule has 0 saturated heterocycles. The molecule has 2 aromatic rings. The average molecular weight is 292 g/mol. The lowest BCUT2D eigenvalue weighted by Crippen LogP contribution is -2.06. The van der Waals surface area contributed by atoms with Crippen molar-refractivity contribution < 1.29 is 0 Å². The van der Waals surface area contributed by atoms with Crippen molar-refractivity contribution in [1.29, 1.82) is 0 Å². The minimum atomic E-state index is 0.535. The van der Waals surface area contributed by atoms with Crippen LogP contribution in [0.25, 0.3) is 0 Å². The van der Waals surface area contributed by atoms with Gasteiger partial charge in [0.25, 0.3) is 0 Å². The molecule has 5 nitrogen and oxygen atoms in total. The van der Waals surface area contributed by atoms with Crippen molar-refractivity contribution in [2.45, 2.75) is 12.8 Å². The number of anilines is 3. The van der Waals surface area contributed by atoms with Gasteiger partial charge in [0.05, 0.1) is 0 Å². The average Bonchev–Trinajstić information content (AvgIpc) is 2.46. The second-order valence-corrected chi connectivity index (χ2v) is 4.78. The number of nitrogens with two attached hydrogens (primary N) is 1. The molecular formula is C14H18ClN5. The first kappa shape index (κ1) is 14.6. The number of nitrogens with one attached hydrogen (secondary N) is 2. The molecule has 0 aliphatic heterocycles. The Morgan fingerprint density at radius 3 is 2.90 bits per heavy atom. The van der Waals surface area contributed by atoms with Gasteiger partial charge in [-0.05, 0) is 37.6 Å². The van der Waals surface area contributed by atoms with Gasteiger partial charge < -0.3 is 16.4 Å². The molecule has 0 amide bonds. The van der Waals surface area contributed by atoms with Gasteiger partial charge in [0.15, 0.2) is 0 Å². The maximum Gasteiger partial charge on any atom is 0.229 e. The van der Waals surface area contributed by atoms with E-state index in [2.05, 4.69) is 20.6 Å². The number of hydrogen-bond acceptors (Lipinski definition) is 5. The third kappa shape index (κ3) is 3.82. The molecule has 0 bridgehead atoms. The predicted molar refractivity (Wildman–Crippen MR) is 83.7 cm³/mol. The number of benzene rings is 1. The molecule has 0 fully saturated rings. The van der Waals surface area contributed by atoms with Gasteiger partial charge in [0, 0.05) is 29.5 Å². The van der Waals surface area contributed by atoms with Crippen LogP contribution in [0.4, 0.5) is 17.5 Å². The fourth-order valence-corrected chi connectivity index (χ4v) is 2.04. The molecule has 2 rings (SSSR count). The third-order valence-electron chi connectivity index (χ3n) is 2.83. The van der Waals surface area contributed by atoms with Crippen LogP contribution in [0.3, 0.4) is 0 Å². The van der Waals surface area contributed by atoms with Crippen molar-refractivity contribution in [2.75, 3.05) is 24.2 Å². The number of hydrogen-bond donors (Lipinski definition) is 3. The molecular weight excluding hydrogens is 274 g/mol. The zero-order valence-corrected chi connectivity index (χ0v) is 12.1. The predicted octanol–water partition coefficient (Wildman–Crippen LogP) is 2.81. The minimum absolute atomic E-state index is 0.535. The Morgan fingerprint density at radius 2 is 2.20 bits per heavy atom. The summed E-state index contributed by atoms with van der Waals surface area (Å²) in [4.78, 5) is 8.77. The Balaban J connectivity index is 2.16. The number of halogens is 1. The van der Waals surface area contributed by atoms with E-state index in [1.54, 1.807) is 0 Å². The quantitative estimate of drug-likeness (QED) is 0.763. The molecule has 106 valence electrons. The van der Waals surface area contributed by atoms with E-state index in [0.29, 0.717) is 17.5 Å². The van der Waals surface area contributed by atoms with Gasteiger partial charge >= 0.3 is 0 Å². The molecule has 0 aliphatic carbocycles. The summed E-state index contributed by atoms with van der Waals surface area (Å²) in [5.74, 6) is 1.35. The normalized spacial score (nSPS) is 10.3. The van der Waals surface area contributed by atoms with E-state index in [1.807, 2.05) is 37.5 Å². The van der Waals surface area contributed by atoms with Crippen LogP contribution in [0.15, 0.2) is 30.5 Å². The highest BCUT2D eigenvalue weighted by atomic mass is 35.5. The van der Waals surface area contributed by atoms with E-state index in [9.17, 15) is 0 Å². The van der Waals surface area contributed by atoms with Crippen molar-refractivity contribution in [1.82, 2.24) is 9.97 Å². The van der Waals surface area contributed by atoms with Crippen LogP contribution in [-0.2, 0) is 6.42 Å². The zero-order chi connectivity index (χ0) is 14.4. The van der Waals surface area contributed by atoms with E-state index in [1.165, 1.54) is 0 Å². The van der Waals surface area contributed by atoms with Gasteiger partial charge in [-0.25, -0.2) is 4.98 Å². The fraction of sp³-hybridized carbons (Fsp3) is 0.286. The largest absolute Gasteiger partial charge is 0.373 e. The topological polar surface area (TPSA) is 75.9 Å². The van der Waals surface area contributed by atoms with E-state index in [0.717, 1.165) is 29.9 Å². The van der Waals surface area contributed by atoms with Crippen LogP contribution < -0.4 is 16.4 Å². The standard InChI is InChI=1S/C14H18ClN5/c1-17-13-10(4-3-7-16)9-18-14(20-13)19-12-6-2-5-11(15)8-12/h2,5-6,8-9H,3-4,7,16H2,1H3,(H2,17,18,19,20). The summed E-state index contributed by atoms with van der Waals surface area (Å²) in [6.45, 7) is 0.658. The molecule has 1 heterocycles. The van der Waals surface area contributed by atoms with E-state index in [-0.39, 0.29) is 0 Å². The Labute approximate surface area is 123 Å². The first-order valence-corrected chi connectivity index (χ1v) is 6.87. The summed E-state index contributed by atoms with van der Waals surface area (Å²) < 4.78 is 0. The Bertz CT molecular complexity index is 573. The SMILES string of the molecule is CNc1nc(Nc2cccc(Cl)c2)ncc1CCCN. The second-order valence-electron chi connectivity index (χ2n) is 4.35. The molecule has 1 aromatic heterocycles. The van der Waals surface area contributed by atoms with Crippen LogP contribution in [0.2, 0.25) is 5.02 Å². The van der Waals surface area contributed by atoms with Crippen LogP contribution in [0, 0.1) is 0 Å². The van der Waals surface area contributed by atoms with Crippen molar-refractivity contribution in [2.24, 2.45) is 5.73 Å². The Morgan fingerprint density at radius 1 is 1.35 bits per heavy atom. The highest BCUT2D eigenvalue weighted by Crippen LogP contribution is 2.20. The summed E-state index contributed by atoms with van der Waals surface area (Å²) in [5.41, 5.74) is 7.45. The number of aryl methyl sites for hydroxylation is 1. The summed E-state index contributed by atoms with van der Waals surface area (Å²) in [6, 6.07) is 7.44. The summed E-state index contributed by atoms with van der Waals surface area (Å²) in [5, 5.41) is 6.89. The molecule has 0 aliphatic rings. The van der Waals surface area contributed by atoms with E-state index in [4.69, 9.17) is 17.3 Å². The van der Waals surface area contributed by atoms with Crippen LogP contribution in [0.5, 0.6) is 0 Å². The van der Waals surface area contributed by atoms with E-state index < -0.39 is 0 Å². The van der Waals surface area contributed by atoms with Crippen molar-refractivity contribution in [3.8, 4) is 0 Å². The molecule has 1 aromatic carbocycles. The lowest BCUT2D eigenvalue weighted by atomic mass is 10.2. The highest BCUT2D eigenvalue weighted by Gasteiger charge is 2.06. The smallest absolute Gasteiger partial charge is 0.229 e. The number of nitrogens with zero attached hydrogens (tertiary/aromatic N) is 2. The fourth-order valence-electron chi connectivity index (χ4n) is 1.85. The Hall–Kier alpha value is -1.85. The lowest BCUT2D eigenvalue weighted by Gasteiger charge is -2.10. The molecule has 0 atom stereocenters. The minimum Gasteiger partial charge on any atom is -0.373 e. The maximum atomic E-state index is 5.95. The lowest BCUT2D eigenvalue weighted by molar-refractivity contribution is 0.825. The van der Waals surface area contributed by atoms with Gasteiger partial charge in [-0.3, -0.25) is 0 Å². The molecule has 0 radical (unpaired) electrons. The molecule has 0 unspecified atom stereocenters. The maximum absolute atomic E-state index is 5.95. The van der Waals surface area contributed by atoms with Crippen LogP contribution >= 0.6 is 11.6 Å². The molecule has 4 N–H and O–H groups in total. The zero-order valence-electron chi connectivity index (χ0n) is 11.4. The van der Waals surface area contributed by atoms with Gasteiger partial charge in [0.2, 0.25) is 5.95 Å². The van der Waals surface area contributed by atoms with Gasteiger partial charge in [-0.2, -0.15) is 4.98 Å². The summed E-state index contributed by atoms with van der Waals surface area (Å²) >= 11 is 5.95. The molecule has 0 saturated carbocycles. The van der Waals surface area contributed by atoms with Crippen molar-refractivity contribution in [3.05, 3.63) is 41.0 Å². The summed E-state index contributed by atoms with van der Waals surface area (Å²) in [6.07, 6.45) is 3.60. The first-order chi connectivity index (χ1) is 9.72. The molecule has 0 spiro atoms. The van der Waals surface area contributed by atoms with Gasteiger partial charge in [-0.15, -0.1) is 0 Å². The monoisotopic (exact) mass is 291 g/mol. The number of rotatable bonds is 6. The van der Waals surface area contributed by atoms with Gasteiger partial charge in [-0.1, -0.05) is 17.7 Å². The highest BCUT2D eigenvalue weighted by molar-refractivity contribution is 6.30. The number of aromatic nitrogens is 2. The molecule has 6 heteroatoms. The third-order valence-corrected chi connectivity index (χ3v) is 3.07. The van der Waals surface area contributed by atoms with Gasteiger partial charge in [0.1, 0.15) is 5.82 Å². The summed E-state index contributed by atoms with van der Waals surface area (Å²) in [7, 11) is 1.84. The van der Waals surface area contributed by atoms with Crippen LogP contribution in [0.1, 0.15) is 12.0 Å². The Kier molecular flexibility index (Phi) is 5.15. The first-order valence-electron chi connectivity index (χ1n) is 6.49. The van der Waals surface area contributed by atoms with Crippen molar-refractivity contribution >= 4 is 29.1 Å². The molecule has 20 heavy (non-hydrogen) atoms. The second kappa shape index (κ2) is 7.07.